The Labute approximate surface area is 96.9 Å². The number of rotatable bonds is 5. The van der Waals surface area contributed by atoms with Crippen LogP contribution in [0.4, 0.5) is 11.4 Å². The lowest BCUT2D eigenvalue weighted by Gasteiger charge is -2.09. The zero-order chi connectivity index (χ0) is 12.2. The maximum atomic E-state index is 11.6. The van der Waals surface area contributed by atoms with Gasteiger partial charge in [-0.15, -0.1) is 0 Å². The highest BCUT2D eigenvalue weighted by atomic mass is 32.2. The number of nitrogen functional groups attached to an aromatic ring is 1. The normalized spacial score (nSPS) is 11.7. The van der Waals surface area contributed by atoms with Gasteiger partial charge in [0.2, 0.25) is 10.0 Å². The molecule has 1 aromatic rings. The lowest BCUT2D eigenvalue weighted by Crippen LogP contribution is -2.17. The monoisotopic (exact) mass is 242 g/mol. The highest BCUT2D eigenvalue weighted by molar-refractivity contribution is 7.92. The molecule has 0 atom stereocenters. The minimum atomic E-state index is -3.23. The minimum absolute atomic E-state index is 0.148. The van der Waals surface area contributed by atoms with E-state index in [-0.39, 0.29) is 5.75 Å². The fourth-order valence-electron chi connectivity index (χ4n) is 1.17. The van der Waals surface area contributed by atoms with Crippen molar-refractivity contribution < 1.29 is 8.42 Å². The Morgan fingerprint density at radius 3 is 2.31 bits per heavy atom. The van der Waals surface area contributed by atoms with E-state index in [0.29, 0.717) is 23.7 Å². The molecule has 0 aliphatic rings. The van der Waals surface area contributed by atoms with E-state index in [4.69, 9.17) is 5.73 Å². The summed E-state index contributed by atoms with van der Waals surface area (Å²) in [7, 11) is -3.23. The number of nitrogens with one attached hydrogen (secondary N) is 1. The number of anilines is 2. The van der Waals surface area contributed by atoms with Crippen LogP contribution in [-0.4, -0.2) is 14.2 Å². The predicted octanol–water partition coefficient (Wildman–Crippen LogP) is 2.06. The fraction of sp³-hybridized carbons (Fsp3) is 0.455. The molecule has 0 saturated carbocycles. The third-order valence-electron chi connectivity index (χ3n) is 2.15. The first-order valence-corrected chi connectivity index (χ1v) is 6.90. The average molecular weight is 242 g/mol. The average Bonchev–Trinajstić information content (AvgIpc) is 2.19. The van der Waals surface area contributed by atoms with Gasteiger partial charge in [-0.2, -0.15) is 0 Å². The molecule has 0 saturated heterocycles. The molecule has 5 heteroatoms. The summed E-state index contributed by atoms with van der Waals surface area (Å²) in [5.41, 5.74) is 6.68. The number of hydrogen-bond acceptors (Lipinski definition) is 3. The van der Waals surface area contributed by atoms with Gasteiger partial charge in [-0.1, -0.05) is 13.8 Å². The van der Waals surface area contributed by atoms with Gasteiger partial charge in [0.15, 0.2) is 0 Å². The summed E-state index contributed by atoms with van der Waals surface area (Å²) in [6.45, 7) is 4.00. The van der Waals surface area contributed by atoms with Crippen LogP contribution in [0.2, 0.25) is 0 Å². The zero-order valence-electron chi connectivity index (χ0n) is 9.60. The molecule has 16 heavy (non-hydrogen) atoms. The van der Waals surface area contributed by atoms with Crippen molar-refractivity contribution in [3.63, 3.8) is 0 Å². The quantitative estimate of drug-likeness (QED) is 0.776. The topological polar surface area (TPSA) is 72.2 Å². The summed E-state index contributed by atoms with van der Waals surface area (Å²) in [4.78, 5) is 0. The largest absolute Gasteiger partial charge is 0.399 e. The van der Waals surface area contributed by atoms with Crippen molar-refractivity contribution in [2.75, 3.05) is 16.2 Å². The molecule has 0 bridgehead atoms. The fourth-order valence-corrected chi connectivity index (χ4v) is 2.55. The second-order valence-electron chi connectivity index (χ2n) is 4.23. The molecule has 4 nitrogen and oxygen atoms in total. The summed E-state index contributed by atoms with van der Waals surface area (Å²) in [5.74, 6) is 0.526. The molecule has 0 aliphatic heterocycles. The Bertz CT molecular complexity index is 424. The first-order valence-electron chi connectivity index (χ1n) is 5.25. The summed E-state index contributed by atoms with van der Waals surface area (Å²) >= 11 is 0. The lowest BCUT2D eigenvalue weighted by molar-refractivity contribution is 0.578. The van der Waals surface area contributed by atoms with Crippen LogP contribution in [0.5, 0.6) is 0 Å². The maximum Gasteiger partial charge on any atom is 0.232 e. The Hall–Kier alpha value is -1.23. The van der Waals surface area contributed by atoms with Gasteiger partial charge in [0.05, 0.1) is 5.75 Å². The molecule has 0 spiro atoms. The predicted molar refractivity (Wildman–Crippen MR) is 67.7 cm³/mol. The minimum Gasteiger partial charge on any atom is -0.399 e. The smallest absolute Gasteiger partial charge is 0.232 e. The van der Waals surface area contributed by atoms with Crippen LogP contribution in [0.1, 0.15) is 20.3 Å². The molecule has 0 fully saturated rings. The molecule has 90 valence electrons. The molecule has 0 aromatic heterocycles. The van der Waals surface area contributed by atoms with Crippen molar-refractivity contribution >= 4 is 21.4 Å². The molecule has 1 aromatic carbocycles. The van der Waals surface area contributed by atoms with Crippen LogP contribution >= 0.6 is 0 Å². The van der Waals surface area contributed by atoms with Crippen molar-refractivity contribution in [1.29, 1.82) is 0 Å². The van der Waals surface area contributed by atoms with Crippen molar-refractivity contribution in [3.05, 3.63) is 24.3 Å². The SMILES string of the molecule is CC(C)CCS(=O)(=O)Nc1ccc(N)cc1. The number of benzene rings is 1. The molecule has 0 amide bonds. The van der Waals surface area contributed by atoms with Crippen LogP contribution < -0.4 is 10.5 Å². The van der Waals surface area contributed by atoms with E-state index < -0.39 is 10.0 Å². The lowest BCUT2D eigenvalue weighted by atomic mass is 10.2. The van der Waals surface area contributed by atoms with E-state index in [0.717, 1.165) is 0 Å². The summed E-state index contributed by atoms with van der Waals surface area (Å²) < 4.78 is 25.8. The van der Waals surface area contributed by atoms with Gasteiger partial charge in [-0.05, 0) is 36.6 Å². The van der Waals surface area contributed by atoms with Crippen molar-refractivity contribution in [2.45, 2.75) is 20.3 Å². The maximum absolute atomic E-state index is 11.6. The van der Waals surface area contributed by atoms with Gasteiger partial charge in [0, 0.05) is 11.4 Å². The Morgan fingerprint density at radius 2 is 1.81 bits per heavy atom. The first kappa shape index (κ1) is 12.8. The van der Waals surface area contributed by atoms with Crippen LogP contribution in [0.15, 0.2) is 24.3 Å². The number of nitrogens with two attached hydrogens (primary N) is 1. The Morgan fingerprint density at radius 1 is 1.25 bits per heavy atom. The summed E-state index contributed by atoms with van der Waals surface area (Å²) in [6, 6.07) is 6.64. The second kappa shape index (κ2) is 5.21. The van der Waals surface area contributed by atoms with E-state index >= 15 is 0 Å². The van der Waals surface area contributed by atoms with E-state index in [1.54, 1.807) is 24.3 Å². The van der Waals surface area contributed by atoms with Crippen LogP contribution in [0, 0.1) is 5.92 Å². The van der Waals surface area contributed by atoms with Gasteiger partial charge >= 0.3 is 0 Å². The van der Waals surface area contributed by atoms with Crippen LogP contribution in [0.3, 0.4) is 0 Å². The van der Waals surface area contributed by atoms with Crippen molar-refractivity contribution in [1.82, 2.24) is 0 Å². The van der Waals surface area contributed by atoms with Crippen LogP contribution in [0.25, 0.3) is 0 Å². The van der Waals surface area contributed by atoms with E-state index in [1.807, 2.05) is 13.8 Å². The summed E-state index contributed by atoms with van der Waals surface area (Å²) in [5, 5.41) is 0. The molecule has 0 unspecified atom stereocenters. The third kappa shape index (κ3) is 4.53. The van der Waals surface area contributed by atoms with Gasteiger partial charge in [-0.25, -0.2) is 8.42 Å². The molecule has 0 aliphatic carbocycles. The van der Waals surface area contributed by atoms with E-state index in [9.17, 15) is 8.42 Å². The first-order chi connectivity index (χ1) is 7.39. The molecule has 1 rings (SSSR count). The molecular weight excluding hydrogens is 224 g/mol. The van der Waals surface area contributed by atoms with E-state index in [1.165, 1.54) is 0 Å². The standard InChI is InChI=1S/C11H18N2O2S/c1-9(2)7-8-16(14,15)13-11-5-3-10(12)4-6-11/h3-6,9,13H,7-8,12H2,1-2H3. The second-order valence-corrected chi connectivity index (χ2v) is 6.07. The highest BCUT2D eigenvalue weighted by Crippen LogP contribution is 2.13. The van der Waals surface area contributed by atoms with E-state index in [2.05, 4.69) is 4.72 Å². The molecular formula is C11H18N2O2S. The zero-order valence-corrected chi connectivity index (χ0v) is 10.4. The van der Waals surface area contributed by atoms with Crippen molar-refractivity contribution in [2.24, 2.45) is 5.92 Å². The van der Waals surface area contributed by atoms with Crippen LogP contribution in [-0.2, 0) is 10.0 Å². The Balaban J connectivity index is 2.62. The molecule has 0 radical (unpaired) electrons. The Kier molecular flexibility index (Phi) is 4.18. The van der Waals surface area contributed by atoms with Gasteiger partial charge < -0.3 is 5.73 Å². The molecule has 0 heterocycles. The highest BCUT2D eigenvalue weighted by Gasteiger charge is 2.10. The van der Waals surface area contributed by atoms with Gasteiger partial charge in [0.25, 0.3) is 0 Å². The number of sulfonamides is 1. The summed E-state index contributed by atoms with van der Waals surface area (Å²) in [6.07, 6.45) is 0.657. The molecule has 3 N–H and O–H groups in total. The number of hydrogen-bond donors (Lipinski definition) is 2. The van der Waals surface area contributed by atoms with Crippen molar-refractivity contribution in [3.8, 4) is 0 Å². The van der Waals surface area contributed by atoms with Gasteiger partial charge in [0.1, 0.15) is 0 Å². The third-order valence-corrected chi connectivity index (χ3v) is 3.47. The van der Waals surface area contributed by atoms with Gasteiger partial charge in [-0.3, -0.25) is 4.72 Å².